The van der Waals surface area contributed by atoms with E-state index in [0.717, 1.165) is 11.4 Å². The van der Waals surface area contributed by atoms with E-state index in [1.54, 1.807) is 0 Å². The number of thiophene rings is 1. The van der Waals surface area contributed by atoms with Crippen molar-refractivity contribution >= 4 is 70.1 Å². The summed E-state index contributed by atoms with van der Waals surface area (Å²) in [6.45, 7) is 0. The van der Waals surface area contributed by atoms with Crippen LogP contribution >= 0.6 is 11.3 Å². The molecule has 272 valence electrons. The van der Waals surface area contributed by atoms with E-state index in [9.17, 15) is 0 Å². The zero-order chi connectivity index (χ0) is 38.4. The molecule has 11 rings (SSSR count). The molecule has 0 unspecified atom stereocenters. The summed E-state index contributed by atoms with van der Waals surface area (Å²) >= 11 is 1.87. The summed E-state index contributed by atoms with van der Waals surface area (Å²) in [6.07, 6.45) is 0. The first-order chi connectivity index (χ1) is 28.7. The zero-order valence-electron chi connectivity index (χ0n) is 31.7. The lowest BCUT2D eigenvalue weighted by molar-refractivity contribution is 1.30. The molecule has 0 amide bonds. The summed E-state index contributed by atoms with van der Waals surface area (Å²) in [7, 11) is 0. The first-order valence-corrected chi connectivity index (χ1v) is 20.6. The number of hydrogen-bond donors (Lipinski definition) is 0. The quantitative estimate of drug-likeness (QED) is 0.157. The number of benzene rings is 10. The Morgan fingerprint density at radius 1 is 0.293 bits per heavy atom. The molecule has 2 heteroatoms. The lowest BCUT2D eigenvalue weighted by Crippen LogP contribution is -2.10. The highest BCUT2D eigenvalue weighted by atomic mass is 32.1. The predicted molar refractivity (Wildman–Crippen MR) is 251 cm³/mol. The third kappa shape index (κ3) is 6.03. The zero-order valence-corrected chi connectivity index (χ0v) is 32.5. The third-order valence-corrected chi connectivity index (χ3v) is 12.7. The molecule has 0 aliphatic heterocycles. The molecule has 0 atom stereocenters. The van der Waals surface area contributed by atoms with Crippen LogP contribution in [0.2, 0.25) is 0 Å². The van der Waals surface area contributed by atoms with E-state index in [1.807, 2.05) is 11.3 Å². The minimum atomic E-state index is 1.11. The molecule has 1 nitrogen and oxygen atoms in total. The number of anilines is 3. The first kappa shape index (κ1) is 34.0. The van der Waals surface area contributed by atoms with Crippen molar-refractivity contribution in [1.82, 2.24) is 0 Å². The second-order valence-corrected chi connectivity index (χ2v) is 16.0. The maximum absolute atomic E-state index is 2.44. The molecular weight excluding hydrogens is 719 g/mol. The predicted octanol–water partition coefficient (Wildman–Crippen LogP) is 16.5. The monoisotopic (exact) mass is 755 g/mol. The Kier molecular flexibility index (Phi) is 8.42. The van der Waals surface area contributed by atoms with E-state index in [1.165, 1.54) is 91.9 Å². The summed E-state index contributed by atoms with van der Waals surface area (Å²) in [6, 6.07) is 81.9. The topological polar surface area (TPSA) is 3.24 Å². The summed E-state index contributed by atoms with van der Waals surface area (Å²) in [4.78, 5) is 2.44. The fourth-order valence-electron chi connectivity index (χ4n) is 8.63. The van der Waals surface area contributed by atoms with Crippen molar-refractivity contribution in [2.75, 3.05) is 4.90 Å². The molecule has 0 spiro atoms. The van der Waals surface area contributed by atoms with Crippen LogP contribution in [0.3, 0.4) is 0 Å². The van der Waals surface area contributed by atoms with Gasteiger partial charge in [-0.15, -0.1) is 11.3 Å². The Balaban J connectivity index is 1.03. The molecule has 1 aromatic heterocycles. The van der Waals surface area contributed by atoms with Crippen molar-refractivity contribution < 1.29 is 0 Å². The van der Waals surface area contributed by atoms with Crippen LogP contribution in [0, 0.1) is 0 Å². The summed E-state index contributed by atoms with van der Waals surface area (Å²) in [5, 5.41) is 7.60. The van der Waals surface area contributed by atoms with Crippen LogP contribution in [0.5, 0.6) is 0 Å². The van der Waals surface area contributed by atoms with Crippen molar-refractivity contribution in [2.24, 2.45) is 0 Å². The van der Waals surface area contributed by atoms with Gasteiger partial charge >= 0.3 is 0 Å². The van der Waals surface area contributed by atoms with Crippen LogP contribution in [0.15, 0.2) is 224 Å². The second kappa shape index (κ2) is 14.4. The van der Waals surface area contributed by atoms with Gasteiger partial charge in [-0.25, -0.2) is 0 Å². The number of hydrogen-bond acceptors (Lipinski definition) is 2. The Morgan fingerprint density at radius 2 is 0.862 bits per heavy atom. The maximum atomic E-state index is 2.44. The smallest absolute Gasteiger partial charge is 0.0640 e. The Labute approximate surface area is 342 Å². The molecule has 0 saturated carbocycles. The van der Waals surface area contributed by atoms with Crippen LogP contribution in [-0.2, 0) is 0 Å². The van der Waals surface area contributed by atoms with Gasteiger partial charge in [-0.2, -0.15) is 0 Å². The largest absolute Gasteiger partial charge is 0.309 e. The van der Waals surface area contributed by atoms with Gasteiger partial charge in [-0.1, -0.05) is 176 Å². The number of fused-ring (bicyclic) bond motifs is 5. The molecule has 10 aromatic carbocycles. The van der Waals surface area contributed by atoms with Gasteiger partial charge in [0.2, 0.25) is 0 Å². The van der Waals surface area contributed by atoms with Crippen molar-refractivity contribution in [2.45, 2.75) is 0 Å². The fourth-order valence-corrected chi connectivity index (χ4v) is 9.83. The summed E-state index contributed by atoms with van der Waals surface area (Å²) in [5.74, 6) is 0. The Hall–Kier alpha value is -7.26. The van der Waals surface area contributed by atoms with Crippen molar-refractivity contribution in [1.29, 1.82) is 0 Å². The van der Waals surface area contributed by atoms with Gasteiger partial charge in [0.05, 0.1) is 10.4 Å². The number of nitrogens with zero attached hydrogens (tertiary/aromatic N) is 1. The molecule has 1 heterocycles. The average Bonchev–Trinajstić information content (AvgIpc) is 3.69. The average molecular weight is 756 g/mol. The minimum absolute atomic E-state index is 1.11. The lowest BCUT2D eigenvalue weighted by Gasteiger charge is -2.27. The van der Waals surface area contributed by atoms with E-state index in [-0.39, 0.29) is 0 Å². The fraction of sp³-hybridized carbons (Fsp3) is 0. The number of rotatable bonds is 7. The Bertz CT molecular complexity index is 3280. The highest BCUT2D eigenvalue weighted by Crippen LogP contribution is 2.46. The SMILES string of the molecule is c1ccc(-c2cccc3ccc(-c4ccc(N(c5cccc(-c6cccc(-c7cccc8ccccc78)c6)c5)c5cccc6c5sc5ccccc56)cc4)cc23)cc1. The molecule has 11 aromatic rings. The third-order valence-electron chi connectivity index (χ3n) is 11.5. The van der Waals surface area contributed by atoms with Gasteiger partial charge < -0.3 is 4.90 Å². The van der Waals surface area contributed by atoms with Gasteiger partial charge in [-0.05, 0) is 115 Å². The molecule has 0 aliphatic rings. The van der Waals surface area contributed by atoms with Crippen LogP contribution < -0.4 is 4.90 Å². The van der Waals surface area contributed by atoms with Crippen molar-refractivity contribution in [3.63, 3.8) is 0 Å². The van der Waals surface area contributed by atoms with Gasteiger partial charge in [-0.3, -0.25) is 0 Å². The van der Waals surface area contributed by atoms with Crippen LogP contribution in [0.4, 0.5) is 17.1 Å². The van der Waals surface area contributed by atoms with E-state index in [4.69, 9.17) is 0 Å². The molecule has 0 aliphatic carbocycles. The van der Waals surface area contributed by atoms with Crippen molar-refractivity contribution in [3.05, 3.63) is 224 Å². The first-order valence-electron chi connectivity index (χ1n) is 19.8. The molecule has 0 N–H and O–H groups in total. The van der Waals surface area contributed by atoms with Gasteiger partial charge in [0, 0.05) is 26.8 Å². The normalized spacial score (nSPS) is 11.4. The summed E-state index contributed by atoms with van der Waals surface area (Å²) < 4.78 is 2.57. The van der Waals surface area contributed by atoms with Crippen LogP contribution in [0.1, 0.15) is 0 Å². The van der Waals surface area contributed by atoms with E-state index in [0.29, 0.717) is 0 Å². The minimum Gasteiger partial charge on any atom is -0.309 e. The van der Waals surface area contributed by atoms with Gasteiger partial charge in [0.15, 0.2) is 0 Å². The summed E-state index contributed by atoms with van der Waals surface area (Å²) in [5.41, 5.74) is 13.1. The van der Waals surface area contributed by atoms with E-state index in [2.05, 4.69) is 229 Å². The van der Waals surface area contributed by atoms with E-state index < -0.39 is 0 Å². The van der Waals surface area contributed by atoms with E-state index >= 15 is 0 Å². The molecule has 58 heavy (non-hydrogen) atoms. The molecular formula is C56H37NS. The lowest BCUT2D eigenvalue weighted by atomic mass is 9.94. The highest BCUT2D eigenvalue weighted by Gasteiger charge is 2.19. The van der Waals surface area contributed by atoms with Crippen LogP contribution in [-0.4, -0.2) is 0 Å². The van der Waals surface area contributed by atoms with Gasteiger partial charge in [0.1, 0.15) is 0 Å². The Morgan fingerprint density at radius 3 is 1.71 bits per heavy atom. The standard InChI is InChI=1S/C56H37NS/c1-2-13-39(14-3-1)49-24-11-17-41-29-30-44(37-53(41)49)38-31-33-46(34-32-38)57(54-27-12-26-52-51-23-6-7-28-55(51)58-56(52)54)47-21-9-19-43(36-47)42-18-8-20-45(35-42)50-25-10-16-40-15-4-5-22-48(40)50/h1-37H. The second-order valence-electron chi connectivity index (χ2n) is 14.9. The molecule has 0 bridgehead atoms. The highest BCUT2D eigenvalue weighted by molar-refractivity contribution is 7.26. The van der Waals surface area contributed by atoms with Crippen LogP contribution in [0.25, 0.3) is 86.2 Å². The molecule has 0 saturated heterocycles. The van der Waals surface area contributed by atoms with Crippen molar-refractivity contribution in [3.8, 4) is 44.5 Å². The molecule has 0 fully saturated rings. The van der Waals surface area contributed by atoms with Gasteiger partial charge in [0.25, 0.3) is 0 Å². The molecule has 0 radical (unpaired) electrons. The maximum Gasteiger partial charge on any atom is 0.0640 e.